The van der Waals surface area contributed by atoms with Gasteiger partial charge in [0, 0.05) is 0 Å². The van der Waals surface area contributed by atoms with Crippen LogP contribution in [0.5, 0.6) is 0 Å². The highest BCUT2D eigenvalue weighted by atomic mass is 32.2. The molecule has 0 aromatic heterocycles. The molecule has 2 aromatic carbocycles. The molecule has 0 heterocycles. The first-order valence-corrected chi connectivity index (χ1v) is 10.7. The van der Waals surface area contributed by atoms with Crippen LogP contribution in [0.25, 0.3) is 0 Å². The van der Waals surface area contributed by atoms with Crippen LogP contribution in [0.4, 0.5) is 11.4 Å². The molecule has 3 N–H and O–H groups in total. The summed E-state index contributed by atoms with van der Waals surface area (Å²) in [6, 6.07) is 10.7. The van der Waals surface area contributed by atoms with Gasteiger partial charge in [0.15, 0.2) is 0 Å². The van der Waals surface area contributed by atoms with Crippen molar-refractivity contribution < 1.29 is 18.0 Å². The molecule has 28 heavy (non-hydrogen) atoms. The Bertz CT molecular complexity index is 982. The molecule has 2 rings (SSSR count). The van der Waals surface area contributed by atoms with E-state index < -0.39 is 27.9 Å². The van der Waals surface area contributed by atoms with E-state index in [1.807, 2.05) is 19.9 Å². The highest BCUT2D eigenvalue weighted by molar-refractivity contribution is 7.92. The molecule has 150 valence electrons. The van der Waals surface area contributed by atoms with Gasteiger partial charge in [-0.3, -0.25) is 13.9 Å². The van der Waals surface area contributed by atoms with Gasteiger partial charge in [-0.25, -0.2) is 8.42 Å². The highest BCUT2D eigenvalue weighted by Gasteiger charge is 2.32. The average Bonchev–Trinajstić information content (AvgIpc) is 2.57. The SMILES string of the molecule is CCC(C(=O)Nc1ccccc1C(N)=O)N(c1cc(C)cc(C)c1)S(C)(=O)=O. The summed E-state index contributed by atoms with van der Waals surface area (Å²) >= 11 is 0. The number of benzene rings is 2. The van der Waals surface area contributed by atoms with Crippen molar-refractivity contribution in [1.82, 2.24) is 0 Å². The zero-order valence-electron chi connectivity index (χ0n) is 16.4. The second-order valence-electron chi connectivity index (χ2n) is 6.73. The van der Waals surface area contributed by atoms with E-state index in [0.29, 0.717) is 5.69 Å². The fourth-order valence-corrected chi connectivity index (χ4v) is 4.36. The Kier molecular flexibility index (Phi) is 6.45. The second-order valence-corrected chi connectivity index (χ2v) is 8.59. The van der Waals surface area contributed by atoms with Gasteiger partial charge in [-0.2, -0.15) is 0 Å². The van der Waals surface area contributed by atoms with Crippen molar-refractivity contribution in [2.45, 2.75) is 33.2 Å². The molecular formula is C20H25N3O4S. The predicted octanol–water partition coefficient (Wildman–Crippen LogP) is 2.59. The summed E-state index contributed by atoms with van der Waals surface area (Å²) in [7, 11) is -3.75. The summed E-state index contributed by atoms with van der Waals surface area (Å²) in [5.41, 5.74) is 7.95. The molecule has 0 spiro atoms. The molecule has 1 unspecified atom stereocenters. The third kappa shape index (κ3) is 4.89. The van der Waals surface area contributed by atoms with E-state index in [4.69, 9.17) is 5.73 Å². The Morgan fingerprint density at radius 2 is 1.68 bits per heavy atom. The van der Waals surface area contributed by atoms with Gasteiger partial charge in [-0.1, -0.05) is 25.1 Å². The smallest absolute Gasteiger partial charge is 0.250 e. The Balaban J connectivity index is 2.47. The van der Waals surface area contributed by atoms with E-state index in [2.05, 4.69) is 5.32 Å². The number of primary amides is 1. The molecule has 0 radical (unpaired) electrons. The van der Waals surface area contributed by atoms with Crippen LogP contribution in [-0.4, -0.2) is 32.5 Å². The molecule has 0 aliphatic heterocycles. The Morgan fingerprint density at radius 3 is 2.18 bits per heavy atom. The predicted molar refractivity (Wildman–Crippen MR) is 111 cm³/mol. The average molecular weight is 404 g/mol. The van der Waals surface area contributed by atoms with Gasteiger partial charge in [-0.05, 0) is 55.7 Å². The standard InChI is InChI=1S/C20H25N3O4S/c1-5-18(20(25)22-17-9-7-6-8-16(17)19(21)24)23(28(4,26)27)15-11-13(2)10-14(3)12-15/h6-12,18H,5H2,1-4H3,(H2,21,24)(H,22,25). The molecule has 0 saturated carbocycles. The molecular weight excluding hydrogens is 378 g/mol. The maximum absolute atomic E-state index is 13.0. The van der Waals surface area contributed by atoms with Crippen LogP contribution in [0, 0.1) is 13.8 Å². The zero-order valence-corrected chi connectivity index (χ0v) is 17.2. The lowest BCUT2D eigenvalue weighted by molar-refractivity contribution is -0.117. The van der Waals surface area contributed by atoms with Crippen LogP contribution in [0.15, 0.2) is 42.5 Å². The molecule has 7 nitrogen and oxygen atoms in total. The van der Waals surface area contributed by atoms with E-state index in [1.54, 1.807) is 37.3 Å². The van der Waals surface area contributed by atoms with Crippen LogP contribution in [0.3, 0.4) is 0 Å². The topological polar surface area (TPSA) is 110 Å². The van der Waals surface area contributed by atoms with Crippen molar-refractivity contribution in [2.24, 2.45) is 5.73 Å². The molecule has 8 heteroatoms. The summed E-state index contributed by atoms with van der Waals surface area (Å²) in [5.74, 6) is -1.22. The van der Waals surface area contributed by atoms with Crippen molar-refractivity contribution in [3.8, 4) is 0 Å². The van der Waals surface area contributed by atoms with Crippen molar-refractivity contribution in [3.05, 3.63) is 59.2 Å². The summed E-state index contributed by atoms with van der Waals surface area (Å²) in [4.78, 5) is 24.6. The molecule has 0 aliphatic carbocycles. The lowest BCUT2D eigenvalue weighted by Crippen LogP contribution is -2.47. The van der Waals surface area contributed by atoms with Crippen molar-refractivity contribution in [2.75, 3.05) is 15.9 Å². The molecule has 0 bridgehead atoms. The summed E-state index contributed by atoms with van der Waals surface area (Å²) < 4.78 is 26.2. The third-order valence-corrected chi connectivity index (χ3v) is 5.42. The maximum atomic E-state index is 13.0. The Hall–Kier alpha value is -2.87. The van der Waals surface area contributed by atoms with E-state index >= 15 is 0 Å². The summed E-state index contributed by atoms with van der Waals surface area (Å²) in [5, 5.41) is 2.65. The number of nitrogens with one attached hydrogen (secondary N) is 1. The van der Waals surface area contributed by atoms with Crippen molar-refractivity contribution in [3.63, 3.8) is 0 Å². The van der Waals surface area contributed by atoms with Crippen molar-refractivity contribution >= 4 is 33.2 Å². The first-order chi connectivity index (χ1) is 13.0. The van der Waals surface area contributed by atoms with Crippen LogP contribution >= 0.6 is 0 Å². The lowest BCUT2D eigenvalue weighted by atomic mass is 10.1. The number of rotatable bonds is 7. The highest BCUT2D eigenvalue weighted by Crippen LogP contribution is 2.26. The van der Waals surface area contributed by atoms with Crippen molar-refractivity contribution in [1.29, 1.82) is 0 Å². The normalized spacial score (nSPS) is 12.3. The van der Waals surface area contributed by atoms with Gasteiger partial charge in [-0.15, -0.1) is 0 Å². The Labute approximate surface area is 165 Å². The number of hydrogen-bond acceptors (Lipinski definition) is 4. The second kappa shape index (κ2) is 8.43. The van der Waals surface area contributed by atoms with E-state index in [1.165, 1.54) is 6.07 Å². The Morgan fingerprint density at radius 1 is 1.11 bits per heavy atom. The summed E-state index contributed by atoms with van der Waals surface area (Å²) in [6.45, 7) is 5.45. The van der Waals surface area contributed by atoms with Gasteiger partial charge in [0.2, 0.25) is 15.9 Å². The fourth-order valence-electron chi connectivity index (χ4n) is 3.16. The van der Waals surface area contributed by atoms with Crippen LogP contribution in [-0.2, 0) is 14.8 Å². The van der Waals surface area contributed by atoms with E-state index in [-0.39, 0.29) is 17.7 Å². The number of sulfonamides is 1. The molecule has 2 aromatic rings. The van der Waals surface area contributed by atoms with Gasteiger partial charge in [0.25, 0.3) is 5.91 Å². The number of nitrogens with zero attached hydrogens (tertiary/aromatic N) is 1. The minimum Gasteiger partial charge on any atom is -0.366 e. The van der Waals surface area contributed by atoms with Crippen LogP contribution < -0.4 is 15.4 Å². The monoisotopic (exact) mass is 403 g/mol. The van der Waals surface area contributed by atoms with Crippen LogP contribution in [0.1, 0.15) is 34.8 Å². The van der Waals surface area contributed by atoms with Gasteiger partial charge >= 0.3 is 0 Å². The van der Waals surface area contributed by atoms with Crippen LogP contribution in [0.2, 0.25) is 0 Å². The zero-order chi connectivity index (χ0) is 21.1. The number of para-hydroxylation sites is 1. The number of amides is 2. The minimum absolute atomic E-state index is 0.156. The molecule has 0 fully saturated rings. The van der Waals surface area contributed by atoms with E-state index in [0.717, 1.165) is 21.7 Å². The molecule has 0 saturated heterocycles. The third-order valence-electron chi connectivity index (χ3n) is 4.24. The minimum atomic E-state index is -3.75. The number of nitrogens with two attached hydrogens (primary N) is 1. The number of carbonyl (C=O) groups is 2. The number of hydrogen-bond donors (Lipinski definition) is 2. The number of carbonyl (C=O) groups excluding carboxylic acids is 2. The molecule has 1 atom stereocenters. The quantitative estimate of drug-likeness (QED) is 0.740. The van der Waals surface area contributed by atoms with Gasteiger partial charge < -0.3 is 11.1 Å². The fraction of sp³-hybridized carbons (Fsp3) is 0.300. The molecule has 0 aliphatic rings. The molecule has 2 amide bonds. The first kappa shape index (κ1) is 21.4. The number of aryl methyl sites for hydroxylation is 2. The maximum Gasteiger partial charge on any atom is 0.250 e. The summed E-state index contributed by atoms with van der Waals surface area (Å²) in [6.07, 6.45) is 1.31. The van der Waals surface area contributed by atoms with Gasteiger partial charge in [0.05, 0.1) is 23.2 Å². The van der Waals surface area contributed by atoms with Gasteiger partial charge in [0.1, 0.15) is 6.04 Å². The van der Waals surface area contributed by atoms with E-state index in [9.17, 15) is 18.0 Å². The first-order valence-electron chi connectivity index (χ1n) is 8.82. The number of anilines is 2. The lowest BCUT2D eigenvalue weighted by Gasteiger charge is -2.30. The largest absolute Gasteiger partial charge is 0.366 e.